The molecule has 2 fully saturated rings. The molecule has 2 heterocycles. The highest BCUT2D eigenvalue weighted by atomic mass is 16.5. The number of nitrogens with one attached hydrogen (secondary N) is 1. The van der Waals surface area contributed by atoms with Crippen molar-refractivity contribution in [1.82, 2.24) is 10.2 Å². The number of piperidine rings is 1. The molecule has 0 aromatic rings. The lowest BCUT2D eigenvalue weighted by molar-refractivity contribution is -0.0812. The van der Waals surface area contributed by atoms with Crippen molar-refractivity contribution in [3.05, 3.63) is 0 Å². The highest BCUT2D eigenvalue weighted by Gasteiger charge is 2.48. The van der Waals surface area contributed by atoms with Crippen LogP contribution in [0, 0.1) is 0 Å². The van der Waals surface area contributed by atoms with Crippen molar-refractivity contribution in [2.24, 2.45) is 0 Å². The fourth-order valence-corrected chi connectivity index (χ4v) is 4.13. The van der Waals surface area contributed by atoms with Gasteiger partial charge in [-0.3, -0.25) is 4.90 Å². The number of nitrogens with zero attached hydrogens (tertiary/aromatic N) is 1. The van der Waals surface area contributed by atoms with Crippen LogP contribution in [0.3, 0.4) is 0 Å². The Bertz CT molecular complexity index is 308. The minimum absolute atomic E-state index is 0.0140. The predicted molar refractivity (Wildman–Crippen MR) is 85.2 cm³/mol. The fourth-order valence-electron chi connectivity index (χ4n) is 4.13. The molecule has 0 aromatic carbocycles. The molecule has 118 valence electrons. The second kappa shape index (κ2) is 6.33. The van der Waals surface area contributed by atoms with E-state index in [1.54, 1.807) is 0 Å². The molecule has 3 nitrogen and oxygen atoms in total. The van der Waals surface area contributed by atoms with Crippen molar-refractivity contribution < 1.29 is 4.74 Å². The Morgan fingerprint density at radius 2 is 1.95 bits per heavy atom. The van der Waals surface area contributed by atoms with Gasteiger partial charge in [0.1, 0.15) is 0 Å². The Morgan fingerprint density at radius 1 is 1.20 bits per heavy atom. The molecule has 2 unspecified atom stereocenters. The number of hydrogen-bond donors (Lipinski definition) is 1. The molecule has 0 bridgehead atoms. The normalized spacial score (nSPS) is 32.7. The lowest BCUT2D eigenvalue weighted by atomic mass is 9.92. The minimum Gasteiger partial charge on any atom is -0.368 e. The van der Waals surface area contributed by atoms with Crippen molar-refractivity contribution >= 4 is 0 Å². The third-order valence-electron chi connectivity index (χ3n) is 4.85. The standard InChI is InChI=1S/C17H34N2O/c1-6-11-19(13-14-9-7-8-10-18-14)15-12-16(2,3)20-17(15,4)5/h14-15,18H,6-13H2,1-5H3. The van der Waals surface area contributed by atoms with Crippen LogP contribution < -0.4 is 5.32 Å². The zero-order chi connectivity index (χ0) is 14.8. The van der Waals surface area contributed by atoms with E-state index in [1.165, 1.54) is 45.3 Å². The first-order valence-electron chi connectivity index (χ1n) is 8.52. The van der Waals surface area contributed by atoms with E-state index in [0.717, 1.165) is 6.42 Å². The van der Waals surface area contributed by atoms with Gasteiger partial charge in [0.15, 0.2) is 0 Å². The maximum Gasteiger partial charge on any atom is 0.0789 e. The summed E-state index contributed by atoms with van der Waals surface area (Å²) in [5.41, 5.74) is -0.0203. The first-order valence-corrected chi connectivity index (χ1v) is 8.52. The van der Waals surface area contributed by atoms with E-state index in [-0.39, 0.29) is 11.2 Å². The third-order valence-corrected chi connectivity index (χ3v) is 4.85. The molecular formula is C17H34N2O. The largest absolute Gasteiger partial charge is 0.368 e. The van der Waals surface area contributed by atoms with Gasteiger partial charge in [0, 0.05) is 18.6 Å². The van der Waals surface area contributed by atoms with Gasteiger partial charge in [-0.2, -0.15) is 0 Å². The average molecular weight is 282 g/mol. The number of hydrogen-bond acceptors (Lipinski definition) is 3. The van der Waals surface area contributed by atoms with Crippen LogP contribution in [0.15, 0.2) is 0 Å². The Balaban J connectivity index is 2.03. The third kappa shape index (κ3) is 3.96. The van der Waals surface area contributed by atoms with Gasteiger partial charge >= 0.3 is 0 Å². The maximum atomic E-state index is 6.30. The topological polar surface area (TPSA) is 24.5 Å². The molecule has 0 aromatic heterocycles. The van der Waals surface area contributed by atoms with E-state index in [4.69, 9.17) is 4.74 Å². The van der Waals surface area contributed by atoms with Crippen LogP contribution in [0.25, 0.3) is 0 Å². The second-order valence-electron chi connectivity index (χ2n) is 7.83. The summed E-state index contributed by atoms with van der Waals surface area (Å²) >= 11 is 0. The van der Waals surface area contributed by atoms with Crippen LogP contribution >= 0.6 is 0 Å². The van der Waals surface area contributed by atoms with Crippen molar-refractivity contribution in [2.45, 2.75) is 90.0 Å². The minimum atomic E-state index is -0.0344. The average Bonchev–Trinajstić information content (AvgIpc) is 2.58. The van der Waals surface area contributed by atoms with Gasteiger partial charge in [-0.25, -0.2) is 0 Å². The van der Waals surface area contributed by atoms with Gasteiger partial charge in [-0.15, -0.1) is 0 Å². The smallest absolute Gasteiger partial charge is 0.0789 e. The van der Waals surface area contributed by atoms with Crippen molar-refractivity contribution in [2.75, 3.05) is 19.6 Å². The predicted octanol–water partition coefficient (Wildman–Crippen LogP) is 3.19. The monoisotopic (exact) mass is 282 g/mol. The highest BCUT2D eigenvalue weighted by molar-refractivity contribution is 5.00. The van der Waals surface area contributed by atoms with E-state index in [1.807, 2.05) is 0 Å². The lowest BCUT2D eigenvalue weighted by Gasteiger charge is -2.39. The molecule has 0 spiro atoms. The van der Waals surface area contributed by atoms with Gasteiger partial charge in [-0.1, -0.05) is 13.3 Å². The van der Waals surface area contributed by atoms with Crippen molar-refractivity contribution in [3.8, 4) is 0 Å². The molecule has 3 heteroatoms. The fraction of sp³-hybridized carbons (Fsp3) is 1.00. The molecule has 2 atom stereocenters. The van der Waals surface area contributed by atoms with Gasteiger partial charge in [0.2, 0.25) is 0 Å². The highest BCUT2D eigenvalue weighted by Crippen LogP contribution is 2.40. The van der Waals surface area contributed by atoms with E-state index in [0.29, 0.717) is 12.1 Å². The summed E-state index contributed by atoms with van der Waals surface area (Å²) in [6, 6.07) is 1.22. The first kappa shape index (κ1) is 16.3. The molecule has 0 amide bonds. The zero-order valence-corrected chi connectivity index (χ0v) is 14.2. The summed E-state index contributed by atoms with van der Waals surface area (Å²) < 4.78 is 6.30. The van der Waals surface area contributed by atoms with Gasteiger partial charge in [0.25, 0.3) is 0 Å². The summed E-state index contributed by atoms with van der Waals surface area (Å²) in [6.45, 7) is 14.9. The Kier molecular flexibility index (Phi) is 5.14. The summed E-state index contributed by atoms with van der Waals surface area (Å²) in [5.74, 6) is 0. The van der Waals surface area contributed by atoms with E-state index in [2.05, 4.69) is 44.8 Å². The summed E-state index contributed by atoms with van der Waals surface area (Å²) in [5, 5.41) is 3.70. The van der Waals surface area contributed by atoms with E-state index < -0.39 is 0 Å². The van der Waals surface area contributed by atoms with Crippen molar-refractivity contribution in [1.29, 1.82) is 0 Å². The first-order chi connectivity index (χ1) is 9.34. The van der Waals surface area contributed by atoms with E-state index in [9.17, 15) is 0 Å². The van der Waals surface area contributed by atoms with Gasteiger partial charge in [0.05, 0.1) is 11.2 Å². The van der Waals surface area contributed by atoms with Gasteiger partial charge in [-0.05, 0) is 66.5 Å². The number of ether oxygens (including phenoxy) is 1. The Labute approximate surface area is 125 Å². The van der Waals surface area contributed by atoms with E-state index >= 15 is 0 Å². The van der Waals surface area contributed by atoms with Crippen LogP contribution in [-0.2, 0) is 4.74 Å². The Hall–Kier alpha value is -0.120. The summed E-state index contributed by atoms with van der Waals surface area (Å²) in [4.78, 5) is 2.69. The van der Waals surface area contributed by atoms with Crippen LogP contribution in [0.4, 0.5) is 0 Å². The Morgan fingerprint density at radius 3 is 2.45 bits per heavy atom. The molecule has 2 aliphatic heterocycles. The van der Waals surface area contributed by atoms with Crippen LogP contribution in [0.2, 0.25) is 0 Å². The number of rotatable bonds is 5. The second-order valence-corrected chi connectivity index (χ2v) is 7.83. The van der Waals surface area contributed by atoms with Crippen molar-refractivity contribution in [3.63, 3.8) is 0 Å². The molecule has 0 saturated carbocycles. The van der Waals surface area contributed by atoms with Gasteiger partial charge < -0.3 is 10.1 Å². The summed E-state index contributed by atoms with van der Waals surface area (Å²) in [7, 11) is 0. The van der Waals surface area contributed by atoms with Crippen LogP contribution in [0.1, 0.15) is 66.7 Å². The molecule has 2 aliphatic rings. The van der Waals surface area contributed by atoms with Crippen LogP contribution in [0.5, 0.6) is 0 Å². The molecule has 2 saturated heterocycles. The molecule has 1 N–H and O–H groups in total. The molecule has 20 heavy (non-hydrogen) atoms. The SMILES string of the molecule is CCCN(CC1CCCCN1)C1CC(C)(C)OC1(C)C. The quantitative estimate of drug-likeness (QED) is 0.838. The van der Waals surface area contributed by atoms with Crippen LogP contribution in [-0.4, -0.2) is 47.8 Å². The molecule has 2 rings (SSSR count). The zero-order valence-electron chi connectivity index (χ0n) is 14.2. The molecular weight excluding hydrogens is 248 g/mol. The summed E-state index contributed by atoms with van der Waals surface area (Å²) in [6.07, 6.45) is 6.42. The lowest BCUT2D eigenvalue weighted by Crippen LogP contribution is -2.52. The molecule has 0 radical (unpaired) electrons. The maximum absolute atomic E-state index is 6.30. The molecule has 0 aliphatic carbocycles.